The van der Waals surface area contributed by atoms with Gasteiger partial charge >= 0.3 is 0 Å². The fraction of sp³-hybridized carbons (Fsp3) is 0.750. The molecule has 1 atom stereocenters. The number of carbonyl (C=O) groups excluding carboxylic acids is 1. The van der Waals surface area contributed by atoms with Gasteiger partial charge in [-0.1, -0.05) is 40.7 Å². The van der Waals surface area contributed by atoms with Crippen LogP contribution in [0.25, 0.3) is 0 Å². The van der Waals surface area contributed by atoms with Crippen LogP contribution in [0.2, 0.25) is 0 Å². The van der Waals surface area contributed by atoms with Crippen molar-refractivity contribution in [2.24, 2.45) is 17.8 Å². The van der Waals surface area contributed by atoms with Gasteiger partial charge in [-0.15, -0.1) is 0 Å². The molecule has 0 aromatic rings. The van der Waals surface area contributed by atoms with E-state index in [0.717, 1.165) is 18.3 Å². The molecule has 0 aliphatic carbocycles. The third-order valence-electron chi connectivity index (χ3n) is 2.49. The van der Waals surface area contributed by atoms with Crippen LogP contribution in [0.3, 0.4) is 0 Å². The number of aldehydes is 1. The molecule has 0 aromatic carbocycles. The minimum atomic E-state index is 0.385. The Balaban J connectivity index is 4.31. The van der Waals surface area contributed by atoms with Crippen LogP contribution in [-0.4, -0.2) is 6.29 Å². The van der Waals surface area contributed by atoms with Gasteiger partial charge in [-0.25, -0.2) is 0 Å². The highest BCUT2D eigenvalue weighted by molar-refractivity contribution is 5.73. The van der Waals surface area contributed by atoms with E-state index in [1.807, 2.05) is 0 Å². The summed E-state index contributed by atoms with van der Waals surface area (Å²) in [5.41, 5.74) is 0.962. The molecule has 1 nitrogen and oxygen atoms in total. The van der Waals surface area contributed by atoms with Crippen molar-refractivity contribution in [3.05, 3.63) is 11.6 Å². The molecule has 0 aliphatic rings. The summed E-state index contributed by atoms with van der Waals surface area (Å²) in [7, 11) is 0. The third-order valence-corrected chi connectivity index (χ3v) is 2.49. The third kappa shape index (κ3) is 4.87. The molecule has 13 heavy (non-hydrogen) atoms. The van der Waals surface area contributed by atoms with E-state index in [1.54, 1.807) is 0 Å². The first-order valence-electron chi connectivity index (χ1n) is 5.14. The first-order chi connectivity index (χ1) is 5.99. The van der Waals surface area contributed by atoms with E-state index in [9.17, 15) is 4.79 Å². The minimum absolute atomic E-state index is 0.385. The van der Waals surface area contributed by atoms with Crippen molar-refractivity contribution in [2.75, 3.05) is 0 Å². The van der Waals surface area contributed by atoms with Crippen LogP contribution in [0, 0.1) is 17.8 Å². The average molecular weight is 182 g/mol. The first kappa shape index (κ1) is 12.4. The smallest absolute Gasteiger partial charge is 0.145 e. The van der Waals surface area contributed by atoms with Gasteiger partial charge < -0.3 is 0 Å². The van der Waals surface area contributed by atoms with E-state index in [2.05, 4.69) is 40.7 Å². The molecule has 0 heterocycles. The largest absolute Gasteiger partial charge is 0.298 e. The van der Waals surface area contributed by atoms with Gasteiger partial charge in [0, 0.05) is 0 Å². The van der Waals surface area contributed by atoms with E-state index in [1.165, 1.54) is 0 Å². The zero-order valence-corrected chi connectivity index (χ0v) is 9.50. The van der Waals surface area contributed by atoms with Crippen molar-refractivity contribution >= 4 is 6.29 Å². The van der Waals surface area contributed by atoms with Crippen LogP contribution in [-0.2, 0) is 4.79 Å². The second-order valence-corrected chi connectivity index (χ2v) is 4.48. The van der Waals surface area contributed by atoms with Crippen molar-refractivity contribution in [3.8, 4) is 0 Å². The van der Waals surface area contributed by atoms with Crippen molar-refractivity contribution in [2.45, 2.75) is 41.0 Å². The molecule has 0 saturated carbocycles. The van der Waals surface area contributed by atoms with Crippen LogP contribution < -0.4 is 0 Å². The van der Waals surface area contributed by atoms with Crippen LogP contribution >= 0.6 is 0 Å². The van der Waals surface area contributed by atoms with Crippen molar-refractivity contribution in [1.29, 1.82) is 0 Å². The van der Waals surface area contributed by atoms with Crippen molar-refractivity contribution in [1.82, 2.24) is 0 Å². The van der Waals surface area contributed by atoms with Crippen LogP contribution in [0.4, 0.5) is 0 Å². The van der Waals surface area contributed by atoms with E-state index in [0.29, 0.717) is 17.8 Å². The van der Waals surface area contributed by atoms with Gasteiger partial charge in [0.25, 0.3) is 0 Å². The van der Waals surface area contributed by atoms with Gasteiger partial charge in [0.15, 0.2) is 0 Å². The van der Waals surface area contributed by atoms with Crippen LogP contribution in [0.1, 0.15) is 41.0 Å². The zero-order valence-electron chi connectivity index (χ0n) is 9.50. The highest BCUT2D eigenvalue weighted by atomic mass is 16.1. The Kier molecular flexibility index (Phi) is 5.68. The minimum Gasteiger partial charge on any atom is -0.298 e. The Hall–Kier alpha value is -0.590. The summed E-state index contributed by atoms with van der Waals surface area (Å²) in [6.07, 6.45) is 4.10. The summed E-state index contributed by atoms with van der Waals surface area (Å²) >= 11 is 0. The van der Waals surface area contributed by atoms with E-state index in [-0.39, 0.29) is 0 Å². The first-order valence-corrected chi connectivity index (χ1v) is 5.14. The summed E-state index contributed by atoms with van der Waals surface area (Å²) in [6.45, 7) is 10.7. The normalized spacial score (nSPS) is 15.2. The lowest BCUT2D eigenvalue weighted by atomic mass is 9.89. The fourth-order valence-electron chi connectivity index (χ4n) is 1.10. The molecule has 0 bridgehead atoms. The molecule has 0 fully saturated rings. The van der Waals surface area contributed by atoms with Crippen molar-refractivity contribution < 1.29 is 4.79 Å². The van der Waals surface area contributed by atoms with Gasteiger partial charge in [-0.05, 0) is 29.7 Å². The molecule has 0 rings (SSSR count). The Labute approximate surface area is 82.2 Å². The topological polar surface area (TPSA) is 17.1 Å². The average Bonchev–Trinajstić information content (AvgIpc) is 2.04. The van der Waals surface area contributed by atoms with Crippen LogP contribution in [0.15, 0.2) is 11.6 Å². The maximum absolute atomic E-state index is 10.8. The fourth-order valence-corrected chi connectivity index (χ4v) is 1.10. The Bertz CT molecular complexity index is 178. The van der Waals surface area contributed by atoms with Crippen LogP contribution in [0.5, 0.6) is 0 Å². The highest BCUT2D eigenvalue weighted by Crippen LogP contribution is 2.19. The summed E-state index contributed by atoms with van der Waals surface area (Å²) < 4.78 is 0. The molecule has 0 aliphatic heterocycles. The maximum Gasteiger partial charge on any atom is 0.145 e. The van der Waals surface area contributed by atoms with Gasteiger partial charge in [0.1, 0.15) is 6.29 Å². The van der Waals surface area contributed by atoms with Crippen molar-refractivity contribution in [3.63, 3.8) is 0 Å². The molecule has 0 spiro atoms. The molecular weight excluding hydrogens is 160 g/mol. The van der Waals surface area contributed by atoms with Gasteiger partial charge in [-0.2, -0.15) is 0 Å². The summed E-state index contributed by atoms with van der Waals surface area (Å²) in [6, 6.07) is 0. The second kappa shape index (κ2) is 5.95. The quantitative estimate of drug-likeness (QED) is 0.470. The number of hydrogen-bond acceptors (Lipinski definition) is 1. The standard InChI is InChI=1S/C12H22O/c1-9(2)6-7-12(8-13)11(5)10(3)4/h7-11H,6H2,1-5H3. The van der Waals surface area contributed by atoms with Gasteiger partial charge in [0.2, 0.25) is 0 Å². The SMILES string of the molecule is CC(C)CC=C(C=O)C(C)C(C)C. The molecule has 0 saturated heterocycles. The number of allylic oxidation sites excluding steroid dienone is 2. The monoisotopic (exact) mass is 182 g/mol. The predicted molar refractivity (Wildman–Crippen MR) is 57.6 cm³/mol. The molecule has 0 radical (unpaired) electrons. The lowest BCUT2D eigenvalue weighted by Crippen LogP contribution is -2.08. The molecular formula is C12H22O. The lowest BCUT2D eigenvalue weighted by Gasteiger charge is -2.15. The summed E-state index contributed by atoms with van der Waals surface area (Å²) in [4.78, 5) is 10.8. The van der Waals surface area contributed by atoms with E-state index < -0.39 is 0 Å². The number of carbonyl (C=O) groups is 1. The second-order valence-electron chi connectivity index (χ2n) is 4.48. The molecule has 1 heteroatoms. The zero-order chi connectivity index (χ0) is 10.4. The Morgan fingerprint density at radius 3 is 2.00 bits per heavy atom. The number of hydrogen-bond donors (Lipinski definition) is 0. The molecule has 0 amide bonds. The molecule has 76 valence electrons. The van der Waals surface area contributed by atoms with E-state index >= 15 is 0 Å². The van der Waals surface area contributed by atoms with Gasteiger partial charge in [0.05, 0.1) is 0 Å². The molecule has 0 aromatic heterocycles. The lowest BCUT2D eigenvalue weighted by molar-refractivity contribution is -0.105. The Morgan fingerprint density at radius 2 is 1.69 bits per heavy atom. The molecule has 1 unspecified atom stereocenters. The predicted octanol–water partition coefficient (Wildman–Crippen LogP) is 3.45. The molecule has 0 N–H and O–H groups in total. The number of rotatable bonds is 5. The highest BCUT2D eigenvalue weighted by Gasteiger charge is 2.11. The van der Waals surface area contributed by atoms with Gasteiger partial charge in [-0.3, -0.25) is 4.79 Å². The summed E-state index contributed by atoms with van der Waals surface area (Å²) in [5.74, 6) is 1.56. The summed E-state index contributed by atoms with van der Waals surface area (Å²) in [5, 5.41) is 0. The van der Waals surface area contributed by atoms with E-state index in [4.69, 9.17) is 0 Å². The Morgan fingerprint density at radius 1 is 1.15 bits per heavy atom. The maximum atomic E-state index is 10.8.